The van der Waals surface area contributed by atoms with E-state index in [1.807, 2.05) is 0 Å². The van der Waals surface area contributed by atoms with Gasteiger partial charge in [-0.3, -0.25) is 0 Å². The van der Waals surface area contributed by atoms with Gasteiger partial charge in [-0.15, -0.1) is 0 Å². The third-order valence-electron chi connectivity index (χ3n) is 0. The van der Waals surface area contributed by atoms with Gasteiger partial charge < -0.3 is 2.85 Å². The van der Waals surface area contributed by atoms with E-state index in [0.717, 1.165) is 0 Å². The smallest absolute Gasteiger partial charge is 1.00 e. The predicted octanol–water partition coefficient (Wildman–Crippen LogP) is -1.49. The molecule has 0 amide bonds. The Morgan fingerprint density at radius 2 is 1.00 bits per heavy atom. The van der Waals surface area contributed by atoms with Crippen LogP contribution in [0.1, 0.15) is 2.85 Å². The molecule has 0 saturated carbocycles. The van der Waals surface area contributed by atoms with E-state index in [-0.39, 0.29) is 56.7 Å². The van der Waals surface area contributed by atoms with E-state index in [1.165, 1.54) is 0 Å². The molecule has 0 saturated heterocycles. The summed E-state index contributed by atoms with van der Waals surface area (Å²) >= 11 is 0. The molecule has 28 valence electrons. The molecule has 0 spiro atoms. The van der Waals surface area contributed by atoms with Gasteiger partial charge in [-0.05, 0) is 11.0 Å². The van der Waals surface area contributed by atoms with Crippen molar-refractivity contribution in [2.45, 2.75) is 0 Å². The maximum Gasteiger partial charge on any atom is 2.00 e. The molecule has 0 nitrogen and oxygen atoms in total. The second-order valence-corrected chi connectivity index (χ2v) is 0. The standard InChI is InChI=1S/Mg.2H3P.H4Si.2H/h;2*1H3;1H4;;/q+2;;;;2*-1. The molecule has 0 aliphatic carbocycles. The van der Waals surface area contributed by atoms with Crippen LogP contribution >= 0.6 is 19.8 Å². The van der Waals surface area contributed by atoms with Crippen LogP contribution in [0.4, 0.5) is 0 Å². The minimum absolute atomic E-state index is 0. The fourth-order valence-electron chi connectivity index (χ4n) is 0. The van der Waals surface area contributed by atoms with Gasteiger partial charge in [0.15, 0.2) is 0 Å². The molecule has 2 atom stereocenters. The van der Waals surface area contributed by atoms with Crippen LogP contribution in [-0.4, -0.2) is 34.0 Å². The van der Waals surface area contributed by atoms with Crippen LogP contribution in [0.25, 0.3) is 0 Å². The first-order valence-corrected chi connectivity index (χ1v) is 0. The molecule has 0 heterocycles. The summed E-state index contributed by atoms with van der Waals surface area (Å²) in [6.45, 7) is 0. The predicted molar refractivity (Wildman–Crippen MR) is 41.5 cm³/mol. The van der Waals surface area contributed by atoms with E-state index in [0.29, 0.717) is 0 Å². The molecule has 0 rings (SSSR count). The van der Waals surface area contributed by atoms with E-state index in [1.54, 1.807) is 0 Å². The minimum atomic E-state index is 0. The zero-order valence-corrected chi connectivity index (χ0v) is 6.36. The van der Waals surface area contributed by atoms with E-state index in [9.17, 15) is 0 Å². The average molecular weight is 126 g/mol. The Balaban J connectivity index is 0. The number of hydrogen-bond acceptors (Lipinski definition) is 0. The topological polar surface area (TPSA) is 0 Å². The van der Waals surface area contributed by atoms with Crippen LogP contribution in [0.2, 0.25) is 0 Å². The third kappa shape index (κ3) is 9.14. The van der Waals surface area contributed by atoms with E-state index < -0.39 is 0 Å². The molecule has 0 fully saturated rings. The maximum absolute atomic E-state index is 0. The van der Waals surface area contributed by atoms with Gasteiger partial charge in [0, 0.05) is 0 Å². The van der Waals surface area contributed by atoms with Gasteiger partial charge >= 0.3 is 23.1 Å². The fraction of sp³-hybridized carbons (Fsp3) is 0. The molecule has 0 N–H and O–H groups in total. The summed E-state index contributed by atoms with van der Waals surface area (Å²) in [5.74, 6) is 0. The molecule has 0 bridgehead atoms. The van der Waals surface area contributed by atoms with Crippen molar-refractivity contribution in [2.75, 3.05) is 0 Å². The molecular weight excluding hydrogens is 114 g/mol. The molecule has 4 heavy (non-hydrogen) atoms. The van der Waals surface area contributed by atoms with Crippen molar-refractivity contribution in [1.29, 1.82) is 0 Å². The molecule has 0 aromatic carbocycles. The maximum atomic E-state index is 0. The molecule has 0 aliphatic rings. The quantitative estimate of drug-likeness (QED) is 0.274. The van der Waals surface area contributed by atoms with Gasteiger partial charge in [-0.1, -0.05) is 0 Å². The summed E-state index contributed by atoms with van der Waals surface area (Å²) in [6.07, 6.45) is 0. The summed E-state index contributed by atoms with van der Waals surface area (Å²) in [5.41, 5.74) is 0. The third-order valence-corrected chi connectivity index (χ3v) is 0. The van der Waals surface area contributed by atoms with Gasteiger partial charge in [0.1, 0.15) is 0 Å². The zero-order valence-electron chi connectivity index (χ0n) is 4.12. The van der Waals surface area contributed by atoms with Gasteiger partial charge in [0.25, 0.3) is 0 Å². The summed E-state index contributed by atoms with van der Waals surface area (Å²) in [5, 5.41) is 0. The first-order chi connectivity index (χ1) is 0. The molecule has 0 radical (unpaired) electrons. The van der Waals surface area contributed by atoms with E-state index in [4.69, 9.17) is 0 Å². The second-order valence-electron chi connectivity index (χ2n) is 0. The second kappa shape index (κ2) is 21.1. The monoisotopic (exact) mass is 126 g/mol. The van der Waals surface area contributed by atoms with Crippen LogP contribution < -0.4 is 0 Å². The van der Waals surface area contributed by atoms with Crippen LogP contribution in [-0.2, 0) is 0 Å². The summed E-state index contributed by atoms with van der Waals surface area (Å²) in [4.78, 5) is 0. The fourth-order valence-corrected chi connectivity index (χ4v) is 0. The van der Waals surface area contributed by atoms with Crippen LogP contribution in [0.3, 0.4) is 0 Å². The molecule has 0 aliphatic heterocycles. The van der Waals surface area contributed by atoms with Crippen molar-refractivity contribution in [3.63, 3.8) is 0 Å². The minimum Gasteiger partial charge on any atom is -1.00 e. The Hall–Kier alpha value is 1.84. The van der Waals surface area contributed by atoms with Gasteiger partial charge in [0.05, 0.1) is 0 Å². The Morgan fingerprint density at radius 1 is 1.00 bits per heavy atom. The largest absolute Gasteiger partial charge is 2.00 e. The SMILES string of the molecule is P.P.[H-].[H-].[Mg+2].[SiH4]. The van der Waals surface area contributed by atoms with Crippen molar-refractivity contribution in [2.24, 2.45) is 0 Å². The van der Waals surface area contributed by atoms with E-state index >= 15 is 0 Å². The van der Waals surface area contributed by atoms with Crippen molar-refractivity contribution >= 4 is 53.8 Å². The summed E-state index contributed by atoms with van der Waals surface area (Å²) in [7, 11) is 0. The van der Waals surface area contributed by atoms with Crippen molar-refractivity contribution in [3.05, 3.63) is 0 Å². The molecule has 4 heteroatoms. The van der Waals surface area contributed by atoms with Crippen molar-refractivity contribution in [1.82, 2.24) is 0 Å². The number of hydrogen-bond donors (Lipinski definition) is 0. The Kier molecular flexibility index (Phi) is 212. The average Bonchev–Trinajstić information content (AvgIpc) is 0. The first kappa shape index (κ1) is 40.3. The van der Waals surface area contributed by atoms with Crippen LogP contribution in [0.5, 0.6) is 0 Å². The summed E-state index contributed by atoms with van der Waals surface area (Å²) in [6, 6.07) is 0. The van der Waals surface area contributed by atoms with Crippen molar-refractivity contribution in [3.8, 4) is 0 Å². The van der Waals surface area contributed by atoms with Crippen molar-refractivity contribution < 1.29 is 2.85 Å². The van der Waals surface area contributed by atoms with Gasteiger partial charge in [0.2, 0.25) is 0 Å². The van der Waals surface area contributed by atoms with Crippen LogP contribution in [0, 0.1) is 0 Å². The molecular formula is H12MgP2Si. The van der Waals surface area contributed by atoms with Gasteiger partial charge in [-0.2, -0.15) is 19.8 Å². The molecule has 0 aromatic heterocycles. The van der Waals surface area contributed by atoms with Gasteiger partial charge in [-0.25, -0.2) is 0 Å². The first-order valence-electron chi connectivity index (χ1n) is 0. The summed E-state index contributed by atoms with van der Waals surface area (Å²) < 4.78 is 0. The Labute approximate surface area is 56.9 Å². The van der Waals surface area contributed by atoms with Crippen LogP contribution in [0.15, 0.2) is 0 Å². The normalized spacial score (nSPS) is 0. The molecule has 0 aromatic rings. The number of rotatable bonds is 0. The Bertz CT molecular complexity index is 11.5. The van der Waals surface area contributed by atoms with E-state index in [2.05, 4.69) is 0 Å². The molecule has 2 unspecified atom stereocenters. The Morgan fingerprint density at radius 3 is 1.00 bits per heavy atom. The zero-order chi connectivity index (χ0) is 0.